The molecule has 0 spiro atoms. The summed E-state index contributed by atoms with van der Waals surface area (Å²) < 4.78 is 11.3. The first-order valence-electron chi connectivity index (χ1n) is 8.47. The first-order chi connectivity index (χ1) is 9.83. The fourth-order valence-corrected chi connectivity index (χ4v) is 4.05. The van der Waals surface area contributed by atoms with E-state index in [0.717, 1.165) is 50.9 Å². The van der Waals surface area contributed by atoms with Crippen molar-refractivity contribution < 1.29 is 9.47 Å². The molecule has 3 fully saturated rings. The summed E-state index contributed by atoms with van der Waals surface area (Å²) in [6.07, 6.45) is 9.35. The van der Waals surface area contributed by atoms with Crippen molar-refractivity contribution in [3.63, 3.8) is 0 Å². The van der Waals surface area contributed by atoms with Crippen molar-refractivity contribution in [2.75, 3.05) is 33.4 Å². The molecule has 3 atom stereocenters. The summed E-state index contributed by atoms with van der Waals surface area (Å²) in [5.74, 6) is 0. The third-order valence-corrected chi connectivity index (χ3v) is 5.32. The van der Waals surface area contributed by atoms with E-state index in [9.17, 15) is 0 Å². The molecule has 0 aliphatic carbocycles. The van der Waals surface area contributed by atoms with Gasteiger partial charge >= 0.3 is 0 Å². The first-order valence-corrected chi connectivity index (χ1v) is 8.47. The van der Waals surface area contributed by atoms with E-state index in [4.69, 9.17) is 9.47 Å². The minimum Gasteiger partial charge on any atom is -0.379 e. The highest BCUT2D eigenvalue weighted by molar-refractivity contribution is 4.95. The Bertz CT molecular complexity index is 280. The van der Waals surface area contributed by atoms with Gasteiger partial charge in [0, 0.05) is 31.3 Å². The Morgan fingerprint density at radius 1 is 1.20 bits per heavy atom. The molecule has 0 aromatic heterocycles. The van der Waals surface area contributed by atoms with Gasteiger partial charge in [0.25, 0.3) is 0 Å². The SMILES string of the molecule is CN1C2CCC1CC(NCCCOCC1CCCO1)C2. The number of nitrogens with one attached hydrogen (secondary N) is 1. The Hall–Kier alpha value is -0.160. The van der Waals surface area contributed by atoms with Crippen LogP contribution in [0.3, 0.4) is 0 Å². The minimum absolute atomic E-state index is 0.368. The van der Waals surface area contributed by atoms with Crippen LogP contribution < -0.4 is 5.32 Å². The van der Waals surface area contributed by atoms with Crippen LogP contribution in [0, 0.1) is 0 Å². The van der Waals surface area contributed by atoms with Gasteiger partial charge in [-0.05, 0) is 58.5 Å². The fourth-order valence-electron chi connectivity index (χ4n) is 4.05. The lowest BCUT2D eigenvalue weighted by atomic mass is 9.98. The van der Waals surface area contributed by atoms with Gasteiger partial charge in [-0.1, -0.05) is 0 Å². The highest BCUT2D eigenvalue weighted by Crippen LogP contribution is 2.34. The summed E-state index contributed by atoms with van der Waals surface area (Å²) in [5, 5.41) is 3.73. The summed E-state index contributed by atoms with van der Waals surface area (Å²) in [6, 6.07) is 2.41. The van der Waals surface area contributed by atoms with E-state index in [0.29, 0.717) is 6.10 Å². The van der Waals surface area contributed by atoms with Gasteiger partial charge in [-0.25, -0.2) is 0 Å². The minimum atomic E-state index is 0.368. The molecule has 4 heteroatoms. The van der Waals surface area contributed by atoms with Crippen LogP contribution in [0.25, 0.3) is 0 Å². The lowest BCUT2D eigenvalue weighted by molar-refractivity contribution is 0.0163. The van der Waals surface area contributed by atoms with Crippen LogP contribution >= 0.6 is 0 Å². The Balaban J connectivity index is 1.22. The Labute approximate surface area is 123 Å². The van der Waals surface area contributed by atoms with E-state index in [1.165, 1.54) is 38.5 Å². The molecule has 0 amide bonds. The summed E-state index contributed by atoms with van der Waals surface area (Å²) in [5.41, 5.74) is 0. The van der Waals surface area contributed by atoms with Gasteiger partial charge in [0.2, 0.25) is 0 Å². The van der Waals surface area contributed by atoms with Gasteiger partial charge in [-0.15, -0.1) is 0 Å². The monoisotopic (exact) mass is 282 g/mol. The smallest absolute Gasteiger partial charge is 0.0809 e. The highest BCUT2D eigenvalue weighted by Gasteiger charge is 2.37. The second kappa shape index (κ2) is 7.21. The Morgan fingerprint density at radius 3 is 2.70 bits per heavy atom. The van der Waals surface area contributed by atoms with Gasteiger partial charge < -0.3 is 19.7 Å². The van der Waals surface area contributed by atoms with Gasteiger partial charge in [-0.3, -0.25) is 0 Å². The first kappa shape index (κ1) is 14.8. The summed E-state index contributed by atoms with van der Waals surface area (Å²) in [6.45, 7) is 3.68. The van der Waals surface area contributed by atoms with Crippen LogP contribution in [0.5, 0.6) is 0 Å². The van der Waals surface area contributed by atoms with Crippen LogP contribution in [0.4, 0.5) is 0 Å². The van der Waals surface area contributed by atoms with Crippen molar-refractivity contribution >= 4 is 0 Å². The second-order valence-electron chi connectivity index (χ2n) is 6.74. The van der Waals surface area contributed by atoms with Crippen molar-refractivity contribution in [3.05, 3.63) is 0 Å². The van der Waals surface area contributed by atoms with E-state index >= 15 is 0 Å². The molecule has 1 N–H and O–H groups in total. The lowest BCUT2D eigenvalue weighted by Crippen LogP contribution is -2.47. The van der Waals surface area contributed by atoms with E-state index in [1.54, 1.807) is 0 Å². The lowest BCUT2D eigenvalue weighted by Gasteiger charge is -2.36. The molecule has 0 aromatic carbocycles. The molecule has 0 radical (unpaired) electrons. The number of rotatable bonds is 7. The zero-order valence-electron chi connectivity index (χ0n) is 12.9. The molecule has 3 unspecified atom stereocenters. The topological polar surface area (TPSA) is 33.7 Å². The molecule has 3 aliphatic heterocycles. The van der Waals surface area contributed by atoms with Crippen LogP contribution in [-0.2, 0) is 9.47 Å². The summed E-state index contributed by atoms with van der Waals surface area (Å²) in [4.78, 5) is 2.60. The molecule has 20 heavy (non-hydrogen) atoms. The molecule has 3 rings (SSSR count). The number of fused-ring (bicyclic) bond motifs is 2. The molecular weight excluding hydrogens is 252 g/mol. The largest absolute Gasteiger partial charge is 0.379 e. The molecule has 4 nitrogen and oxygen atoms in total. The molecule has 3 saturated heterocycles. The van der Waals surface area contributed by atoms with Crippen molar-refractivity contribution in [1.82, 2.24) is 10.2 Å². The maximum absolute atomic E-state index is 5.71. The number of ether oxygens (including phenoxy) is 2. The average molecular weight is 282 g/mol. The standard InChI is InChI=1S/C16H30N2O2/c1-18-14-5-6-15(18)11-13(10-14)17-7-3-8-19-12-16-4-2-9-20-16/h13-17H,2-12H2,1H3. The number of hydrogen-bond donors (Lipinski definition) is 1. The van der Waals surface area contributed by atoms with E-state index < -0.39 is 0 Å². The average Bonchev–Trinajstić information content (AvgIpc) is 3.01. The van der Waals surface area contributed by atoms with Gasteiger partial charge in [0.15, 0.2) is 0 Å². The van der Waals surface area contributed by atoms with Crippen LogP contribution in [0.2, 0.25) is 0 Å². The van der Waals surface area contributed by atoms with E-state index in [-0.39, 0.29) is 0 Å². The molecule has 2 bridgehead atoms. The Kier molecular flexibility index (Phi) is 5.32. The zero-order chi connectivity index (χ0) is 13.8. The summed E-state index contributed by atoms with van der Waals surface area (Å²) in [7, 11) is 2.30. The predicted octanol–water partition coefficient (Wildman–Crippen LogP) is 1.79. The number of piperidine rings is 1. The third-order valence-electron chi connectivity index (χ3n) is 5.32. The fraction of sp³-hybridized carbons (Fsp3) is 1.00. The number of hydrogen-bond acceptors (Lipinski definition) is 4. The van der Waals surface area contributed by atoms with Crippen molar-refractivity contribution in [2.45, 2.75) is 69.2 Å². The number of nitrogens with zero attached hydrogens (tertiary/aromatic N) is 1. The van der Waals surface area contributed by atoms with Crippen LogP contribution in [0.1, 0.15) is 44.9 Å². The quantitative estimate of drug-likeness (QED) is 0.722. The van der Waals surface area contributed by atoms with Gasteiger partial charge in [0.05, 0.1) is 12.7 Å². The molecule has 116 valence electrons. The highest BCUT2D eigenvalue weighted by atomic mass is 16.5. The molecule has 0 aromatic rings. The summed E-state index contributed by atoms with van der Waals surface area (Å²) >= 11 is 0. The van der Waals surface area contributed by atoms with Crippen molar-refractivity contribution in [2.24, 2.45) is 0 Å². The van der Waals surface area contributed by atoms with Crippen molar-refractivity contribution in [1.29, 1.82) is 0 Å². The van der Waals surface area contributed by atoms with E-state index in [1.807, 2.05) is 0 Å². The Morgan fingerprint density at radius 2 is 2.00 bits per heavy atom. The molecule has 3 heterocycles. The maximum Gasteiger partial charge on any atom is 0.0809 e. The maximum atomic E-state index is 5.71. The zero-order valence-corrected chi connectivity index (χ0v) is 12.9. The second-order valence-corrected chi connectivity index (χ2v) is 6.74. The van der Waals surface area contributed by atoms with Gasteiger partial charge in [0.1, 0.15) is 0 Å². The molecule has 0 saturated carbocycles. The normalized spacial score (nSPS) is 37.6. The third kappa shape index (κ3) is 3.73. The van der Waals surface area contributed by atoms with Crippen molar-refractivity contribution in [3.8, 4) is 0 Å². The molecule has 3 aliphatic rings. The van der Waals surface area contributed by atoms with Crippen LogP contribution in [0.15, 0.2) is 0 Å². The van der Waals surface area contributed by atoms with Gasteiger partial charge in [-0.2, -0.15) is 0 Å². The molecular formula is C16H30N2O2. The predicted molar refractivity (Wildman–Crippen MR) is 80.0 cm³/mol. The van der Waals surface area contributed by atoms with E-state index in [2.05, 4.69) is 17.3 Å². The van der Waals surface area contributed by atoms with Crippen LogP contribution in [-0.4, -0.2) is 62.5 Å².